The fourth-order valence-electron chi connectivity index (χ4n) is 2.03. The van der Waals surface area contributed by atoms with E-state index in [2.05, 4.69) is 34.6 Å². The molecule has 1 aliphatic rings. The monoisotopic (exact) mass is 248 g/mol. The molecule has 1 aliphatic carbocycles. The third-order valence-corrected chi connectivity index (χ3v) is 4.77. The normalized spacial score (nSPS) is 17.3. The summed E-state index contributed by atoms with van der Waals surface area (Å²) in [5.41, 5.74) is 2.11. The van der Waals surface area contributed by atoms with Crippen LogP contribution in [-0.2, 0) is 0 Å². The van der Waals surface area contributed by atoms with Crippen LogP contribution in [-0.4, -0.2) is 32.1 Å². The summed E-state index contributed by atoms with van der Waals surface area (Å²) < 4.78 is 2.32. The van der Waals surface area contributed by atoms with E-state index in [1.807, 2.05) is 22.3 Å². The van der Waals surface area contributed by atoms with Crippen LogP contribution in [0.1, 0.15) is 18.4 Å². The van der Waals surface area contributed by atoms with Crippen molar-refractivity contribution in [1.29, 1.82) is 0 Å². The number of nitrogens with one attached hydrogen (secondary N) is 1. The molecule has 0 radical (unpaired) electrons. The first-order valence-corrected chi connectivity index (χ1v) is 7.04. The van der Waals surface area contributed by atoms with Gasteiger partial charge in [-0.1, -0.05) is 0 Å². The van der Waals surface area contributed by atoms with Gasteiger partial charge in [0.05, 0.1) is 0 Å². The molecule has 0 unspecified atom stereocenters. The molecule has 1 fully saturated rings. The quantitative estimate of drug-likeness (QED) is 0.902. The second-order valence-corrected chi connectivity index (χ2v) is 5.96. The maximum absolute atomic E-state index is 4.24. The van der Waals surface area contributed by atoms with Gasteiger partial charge in [0.2, 0.25) is 0 Å². The summed E-state index contributed by atoms with van der Waals surface area (Å²) in [6, 6.07) is 4.16. The molecule has 2 aromatic rings. The lowest BCUT2D eigenvalue weighted by Crippen LogP contribution is -2.19. The van der Waals surface area contributed by atoms with Crippen molar-refractivity contribution in [2.75, 3.05) is 18.1 Å². The van der Waals surface area contributed by atoms with Crippen LogP contribution < -0.4 is 5.32 Å². The zero-order valence-corrected chi connectivity index (χ0v) is 10.9. The summed E-state index contributed by atoms with van der Waals surface area (Å²) in [5.74, 6) is 1.04. The molecule has 90 valence electrons. The van der Waals surface area contributed by atoms with Gasteiger partial charge in [0.25, 0.3) is 0 Å². The number of hydrogen-bond acceptors (Lipinski definition) is 4. The summed E-state index contributed by atoms with van der Waals surface area (Å²) in [6.07, 6.45) is 6.42. The lowest BCUT2D eigenvalue weighted by molar-refractivity contribution is 0.898. The molecule has 3 rings (SSSR count). The van der Waals surface area contributed by atoms with Crippen molar-refractivity contribution in [2.24, 2.45) is 0 Å². The zero-order chi connectivity index (χ0) is 11.9. The van der Waals surface area contributed by atoms with Gasteiger partial charge in [-0.05, 0) is 43.7 Å². The molecule has 5 heteroatoms. The Morgan fingerprint density at radius 2 is 2.29 bits per heavy atom. The number of thioether (sulfide) groups is 1. The number of anilines is 1. The van der Waals surface area contributed by atoms with E-state index < -0.39 is 0 Å². The Labute approximate surface area is 105 Å². The van der Waals surface area contributed by atoms with Crippen molar-refractivity contribution >= 4 is 23.2 Å². The molecule has 4 nitrogen and oxygen atoms in total. The fraction of sp³-hybridized carbons (Fsp3) is 0.500. The minimum Gasteiger partial charge on any atom is -0.369 e. The first-order chi connectivity index (χ1) is 8.22. The molecule has 0 atom stereocenters. The highest BCUT2D eigenvalue weighted by Gasteiger charge is 2.41. The Hall–Kier alpha value is -1.23. The molecule has 2 heterocycles. The molecule has 0 aromatic carbocycles. The summed E-state index contributed by atoms with van der Waals surface area (Å²) in [7, 11) is 0. The van der Waals surface area contributed by atoms with Gasteiger partial charge < -0.3 is 5.32 Å². The molecule has 0 aliphatic heterocycles. The summed E-state index contributed by atoms with van der Waals surface area (Å²) in [5, 5.41) is 7.75. The van der Waals surface area contributed by atoms with Gasteiger partial charge in [-0.3, -0.25) is 0 Å². The van der Waals surface area contributed by atoms with Crippen LogP contribution in [0.5, 0.6) is 0 Å². The van der Waals surface area contributed by atoms with Gasteiger partial charge >= 0.3 is 0 Å². The van der Waals surface area contributed by atoms with Gasteiger partial charge in [0.1, 0.15) is 12.1 Å². The van der Waals surface area contributed by atoms with Crippen molar-refractivity contribution in [1.82, 2.24) is 14.6 Å². The molecule has 0 amide bonds. The van der Waals surface area contributed by atoms with Crippen LogP contribution >= 0.6 is 11.8 Å². The van der Waals surface area contributed by atoms with E-state index >= 15 is 0 Å². The largest absolute Gasteiger partial charge is 0.369 e. The van der Waals surface area contributed by atoms with Gasteiger partial charge in [-0.15, -0.1) is 0 Å². The van der Waals surface area contributed by atoms with Gasteiger partial charge in [-0.2, -0.15) is 21.4 Å². The number of aryl methyl sites for hydroxylation is 1. The Morgan fingerprint density at radius 3 is 3.00 bits per heavy atom. The third kappa shape index (κ3) is 1.99. The van der Waals surface area contributed by atoms with E-state index in [9.17, 15) is 0 Å². The fourth-order valence-corrected chi connectivity index (χ4v) is 2.75. The minimum absolute atomic E-state index is 0.455. The number of pyridine rings is 1. The maximum atomic E-state index is 4.24. The SMILES string of the molecule is CSC1(CNc2cc(C)cc3ncnn23)CC1. The van der Waals surface area contributed by atoms with Gasteiger partial charge in [0.15, 0.2) is 5.65 Å². The average molecular weight is 248 g/mol. The van der Waals surface area contributed by atoms with Crippen molar-refractivity contribution in [3.63, 3.8) is 0 Å². The first-order valence-electron chi connectivity index (χ1n) is 5.82. The summed E-state index contributed by atoms with van der Waals surface area (Å²) >= 11 is 1.96. The number of fused-ring (bicyclic) bond motifs is 1. The average Bonchev–Trinajstić information content (AvgIpc) is 2.96. The predicted octanol–water partition coefficient (Wildman–Crippen LogP) is 2.35. The van der Waals surface area contributed by atoms with Crippen LogP contribution in [0.4, 0.5) is 5.82 Å². The minimum atomic E-state index is 0.455. The molecule has 1 N–H and O–H groups in total. The molecule has 1 saturated carbocycles. The van der Waals surface area contributed by atoms with Crippen LogP contribution in [0.2, 0.25) is 0 Å². The molecular weight excluding hydrogens is 232 g/mol. The van der Waals surface area contributed by atoms with Crippen molar-refractivity contribution in [2.45, 2.75) is 24.5 Å². The van der Waals surface area contributed by atoms with Crippen LogP contribution in [0, 0.1) is 6.92 Å². The highest BCUT2D eigenvalue weighted by molar-refractivity contribution is 8.00. The third-order valence-electron chi connectivity index (χ3n) is 3.36. The molecule has 0 bridgehead atoms. The van der Waals surface area contributed by atoms with Crippen molar-refractivity contribution in [3.05, 3.63) is 24.0 Å². The van der Waals surface area contributed by atoms with Crippen LogP contribution in [0.25, 0.3) is 5.65 Å². The lowest BCUT2D eigenvalue weighted by Gasteiger charge is -2.15. The van der Waals surface area contributed by atoms with Gasteiger partial charge in [-0.25, -0.2) is 4.98 Å². The number of aromatic nitrogens is 3. The maximum Gasteiger partial charge on any atom is 0.157 e. The van der Waals surface area contributed by atoms with E-state index in [1.54, 1.807) is 6.33 Å². The lowest BCUT2D eigenvalue weighted by atomic mass is 10.3. The van der Waals surface area contributed by atoms with E-state index in [1.165, 1.54) is 18.4 Å². The van der Waals surface area contributed by atoms with Crippen LogP contribution in [0.15, 0.2) is 18.5 Å². The second-order valence-electron chi connectivity index (χ2n) is 4.69. The molecule has 0 spiro atoms. The van der Waals surface area contributed by atoms with E-state index in [-0.39, 0.29) is 0 Å². The Bertz CT molecular complexity index is 544. The molecule has 17 heavy (non-hydrogen) atoms. The highest BCUT2D eigenvalue weighted by atomic mass is 32.2. The standard InChI is InChI=1S/C12H16N4S/c1-9-5-10(13-7-12(17-2)3-4-12)16-11(6-9)14-8-15-16/h5-6,8,13H,3-4,7H2,1-2H3. The van der Waals surface area contributed by atoms with Gasteiger partial charge in [0, 0.05) is 11.3 Å². The van der Waals surface area contributed by atoms with Crippen molar-refractivity contribution in [3.8, 4) is 0 Å². The zero-order valence-electron chi connectivity index (χ0n) is 10.1. The van der Waals surface area contributed by atoms with E-state index in [4.69, 9.17) is 0 Å². The van der Waals surface area contributed by atoms with Crippen LogP contribution in [0.3, 0.4) is 0 Å². The Morgan fingerprint density at radius 1 is 1.47 bits per heavy atom. The highest BCUT2D eigenvalue weighted by Crippen LogP contribution is 2.47. The predicted molar refractivity (Wildman–Crippen MR) is 71.7 cm³/mol. The number of nitrogens with zero attached hydrogens (tertiary/aromatic N) is 3. The Kier molecular flexibility index (Phi) is 2.50. The van der Waals surface area contributed by atoms with E-state index in [0.29, 0.717) is 4.75 Å². The molecular formula is C12H16N4S. The van der Waals surface area contributed by atoms with Crippen molar-refractivity contribution < 1.29 is 0 Å². The number of hydrogen-bond donors (Lipinski definition) is 1. The summed E-state index contributed by atoms with van der Waals surface area (Å²) in [6.45, 7) is 3.09. The first kappa shape index (κ1) is 10.9. The Balaban J connectivity index is 1.86. The number of rotatable bonds is 4. The second kappa shape index (κ2) is 3.91. The molecule has 2 aromatic heterocycles. The smallest absolute Gasteiger partial charge is 0.157 e. The van der Waals surface area contributed by atoms with E-state index in [0.717, 1.165) is 18.0 Å². The topological polar surface area (TPSA) is 42.2 Å². The molecule has 0 saturated heterocycles. The summed E-state index contributed by atoms with van der Waals surface area (Å²) in [4.78, 5) is 4.23.